The molecule has 0 spiro atoms. The number of furan rings is 1. The Morgan fingerprint density at radius 1 is 1.26 bits per heavy atom. The predicted molar refractivity (Wildman–Crippen MR) is 85.4 cm³/mol. The van der Waals surface area contributed by atoms with E-state index >= 15 is 0 Å². The number of ketones is 1. The van der Waals surface area contributed by atoms with Gasteiger partial charge in [0.25, 0.3) is 5.91 Å². The number of para-hydroxylation sites is 1. The maximum Gasteiger partial charge on any atom is 0.264 e. The van der Waals surface area contributed by atoms with Crippen molar-refractivity contribution in [1.82, 2.24) is 0 Å². The van der Waals surface area contributed by atoms with Crippen molar-refractivity contribution in [3.63, 3.8) is 0 Å². The summed E-state index contributed by atoms with van der Waals surface area (Å²) in [6.07, 6.45) is -0.334. The monoisotopic (exact) mass is 313 g/mol. The zero-order valence-corrected chi connectivity index (χ0v) is 13.4. The van der Waals surface area contributed by atoms with Gasteiger partial charge in [-0.15, -0.1) is 0 Å². The van der Waals surface area contributed by atoms with Crippen molar-refractivity contribution in [2.75, 3.05) is 4.90 Å². The molecule has 0 aliphatic carbocycles. The summed E-state index contributed by atoms with van der Waals surface area (Å²) in [5.41, 5.74) is -0.729. The molecule has 0 fully saturated rings. The molecule has 1 N–H and O–H groups in total. The largest absolute Gasteiger partial charge is 0.458 e. The number of aliphatic hydroxyl groups is 1. The lowest BCUT2D eigenvalue weighted by molar-refractivity contribution is -0.136. The van der Waals surface area contributed by atoms with Gasteiger partial charge in [0, 0.05) is 11.6 Å². The summed E-state index contributed by atoms with van der Waals surface area (Å²) >= 11 is 0. The summed E-state index contributed by atoms with van der Waals surface area (Å²) in [5.74, 6) is -0.0915. The third kappa shape index (κ3) is 2.37. The van der Waals surface area contributed by atoms with Crippen molar-refractivity contribution in [2.24, 2.45) is 0 Å². The number of Topliss-reactive ketones (excluding diaryl/α,β-unsaturated/α-hetero) is 1. The molecule has 1 amide bonds. The summed E-state index contributed by atoms with van der Waals surface area (Å²) in [6.45, 7) is 5.48. The van der Waals surface area contributed by atoms with Crippen molar-refractivity contribution < 1.29 is 19.1 Å². The summed E-state index contributed by atoms with van der Waals surface area (Å²) in [6, 6.07) is 10.2. The number of carbonyl (C=O) groups is 2. The van der Waals surface area contributed by atoms with Gasteiger partial charge in [0.15, 0.2) is 11.4 Å². The molecule has 120 valence electrons. The molecule has 0 bridgehead atoms. The molecule has 23 heavy (non-hydrogen) atoms. The lowest BCUT2D eigenvalue weighted by Crippen LogP contribution is -2.44. The van der Waals surface area contributed by atoms with E-state index in [-0.39, 0.29) is 18.2 Å². The molecule has 0 radical (unpaired) electrons. The van der Waals surface area contributed by atoms with E-state index in [1.165, 1.54) is 4.90 Å². The van der Waals surface area contributed by atoms with Crippen LogP contribution in [0.1, 0.15) is 42.1 Å². The maximum atomic E-state index is 12.8. The predicted octanol–water partition coefficient (Wildman–Crippen LogP) is 2.80. The summed E-state index contributed by atoms with van der Waals surface area (Å²) in [5, 5.41) is 11.0. The fraction of sp³-hybridized carbons (Fsp3) is 0.333. The fourth-order valence-corrected chi connectivity index (χ4v) is 3.04. The first-order chi connectivity index (χ1) is 10.8. The maximum absolute atomic E-state index is 12.8. The van der Waals surface area contributed by atoms with E-state index in [0.29, 0.717) is 17.0 Å². The van der Waals surface area contributed by atoms with Crippen molar-refractivity contribution >= 4 is 17.4 Å². The van der Waals surface area contributed by atoms with Crippen LogP contribution in [-0.2, 0) is 10.4 Å². The zero-order valence-electron chi connectivity index (χ0n) is 13.4. The average Bonchev–Trinajstić information content (AvgIpc) is 3.01. The van der Waals surface area contributed by atoms with Crippen molar-refractivity contribution in [2.45, 2.75) is 38.8 Å². The van der Waals surface area contributed by atoms with Gasteiger partial charge in [0.1, 0.15) is 5.76 Å². The Kier molecular flexibility index (Phi) is 3.60. The molecule has 5 nitrogen and oxygen atoms in total. The van der Waals surface area contributed by atoms with E-state index in [4.69, 9.17) is 4.42 Å². The highest BCUT2D eigenvalue weighted by Gasteiger charge is 2.51. The molecular weight excluding hydrogens is 294 g/mol. The Bertz CT molecular complexity index is 777. The van der Waals surface area contributed by atoms with Crippen LogP contribution >= 0.6 is 0 Å². The first-order valence-corrected chi connectivity index (χ1v) is 7.60. The number of benzene rings is 1. The van der Waals surface area contributed by atoms with Gasteiger partial charge in [-0.25, -0.2) is 0 Å². The zero-order chi connectivity index (χ0) is 16.8. The second-order valence-corrected chi connectivity index (χ2v) is 6.16. The van der Waals surface area contributed by atoms with Gasteiger partial charge in [-0.05, 0) is 39.0 Å². The van der Waals surface area contributed by atoms with Crippen LogP contribution < -0.4 is 4.90 Å². The molecule has 0 saturated carbocycles. The number of anilines is 1. The molecule has 2 heterocycles. The van der Waals surface area contributed by atoms with Crippen LogP contribution in [0.4, 0.5) is 5.69 Å². The second kappa shape index (κ2) is 5.35. The van der Waals surface area contributed by atoms with E-state index < -0.39 is 17.3 Å². The second-order valence-electron chi connectivity index (χ2n) is 6.16. The number of rotatable bonds is 4. The molecule has 5 heteroatoms. The Balaban J connectivity index is 2.00. The molecule has 1 aliphatic rings. The molecule has 1 aromatic carbocycles. The van der Waals surface area contributed by atoms with Gasteiger partial charge in [-0.3, -0.25) is 9.59 Å². The van der Waals surface area contributed by atoms with Gasteiger partial charge >= 0.3 is 0 Å². The Labute approximate surface area is 134 Å². The van der Waals surface area contributed by atoms with Crippen LogP contribution in [0.15, 0.2) is 40.8 Å². The van der Waals surface area contributed by atoms with Crippen LogP contribution in [0, 0.1) is 6.92 Å². The first-order valence-electron chi connectivity index (χ1n) is 7.60. The Morgan fingerprint density at radius 2 is 1.96 bits per heavy atom. The number of fused-ring (bicyclic) bond motifs is 1. The minimum atomic E-state index is -1.85. The van der Waals surface area contributed by atoms with E-state index in [9.17, 15) is 14.7 Å². The van der Waals surface area contributed by atoms with Gasteiger partial charge in [-0.1, -0.05) is 18.2 Å². The van der Waals surface area contributed by atoms with Crippen LogP contribution in [0.3, 0.4) is 0 Å². The molecule has 1 aliphatic heterocycles. The number of hydrogen-bond acceptors (Lipinski definition) is 4. The van der Waals surface area contributed by atoms with Gasteiger partial charge in [0.05, 0.1) is 12.1 Å². The highest BCUT2D eigenvalue weighted by atomic mass is 16.3. The number of hydrogen-bond donors (Lipinski definition) is 1. The molecular formula is C18H19NO4. The van der Waals surface area contributed by atoms with Crippen molar-refractivity contribution in [1.29, 1.82) is 0 Å². The third-order valence-corrected chi connectivity index (χ3v) is 4.13. The van der Waals surface area contributed by atoms with E-state index in [1.54, 1.807) is 37.3 Å². The Hall–Kier alpha value is -2.40. The molecule has 1 atom stereocenters. The number of aryl methyl sites for hydroxylation is 1. The van der Waals surface area contributed by atoms with E-state index in [0.717, 1.165) is 0 Å². The summed E-state index contributed by atoms with van der Waals surface area (Å²) in [7, 11) is 0. The minimum Gasteiger partial charge on any atom is -0.458 e. The number of carbonyl (C=O) groups excluding carboxylic acids is 2. The lowest BCUT2D eigenvalue weighted by Gasteiger charge is -2.25. The third-order valence-electron chi connectivity index (χ3n) is 4.13. The first kappa shape index (κ1) is 15.5. The highest BCUT2D eigenvalue weighted by molar-refractivity contribution is 6.10. The molecule has 1 aromatic heterocycles. The topological polar surface area (TPSA) is 70.8 Å². The quantitative estimate of drug-likeness (QED) is 0.881. The van der Waals surface area contributed by atoms with Crippen LogP contribution in [0.5, 0.6) is 0 Å². The average molecular weight is 313 g/mol. The summed E-state index contributed by atoms with van der Waals surface area (Å²) < 4.78 is 5.31. The fourth-order valence-electron chi connectivity index (χ4n) is 3.04. The lowest BCUT2D eigenvalue weighted by atomic mass is 9.89. The van der Waals surface area contributed by atoms with Gasteiger partial charge in [-0.2, -0.15) is 0 Å². The van der Waals surface area contributed by atoms with Crippen molar-refractivity contribution in [3.8, 4) is 0 Å². The van der Waals surface area contributed by atoms with Crippen molar-refractivity contribution in [3.05, 3.63) is 53.5 Å². The Morgan fingerprint density at radius 3 is 2.57 bits per heavy atom. The SMILES string of the molecule is Cc1ccc(C(=O)CC2(O)C(=O)N(C(C)C)c3ccccc32)o1. The highest BCUT2D eigenvalue weighted by Crippen LogP contribution is 2.43. The summed E-state index contributed by atoms with van der Waals surface area (Å²) in [4.78, 5) is 26.8. The normalized spacial score (nSPS) is 20.2. The van der Waals surface area contributed by atoms with Gasteiger partial charge < -0.3 is 14.4 Å². The van der Waals surface area contributed by atoms with E-state index in [1.807, 2.05) is 19.9 Å². The molecule has 2 aromatic rings. The van der Waals surface area contributed by atoms with Crippen LogP contribution in [-0.4, -0.2) is 22.8 Å². The van der Waals surface area contributed by atoms with E-state index in [2.05, 4.69) is 0 Å². The molecule has 1 unspecified atom stereocenters. The smallest absolute Gasteiger partial charge is 0.264 e. The number of amides is 1. The minimum absolute atomic E-state index is 0.112. The number of nitrogens with zero attached hydrogens (tertiary/aromatic N) is 1. The standard InChI is InChI=1S/C18H19NO4/c1-11(2)19-14-7-5-4-6-13(14)18(22,17(19)21)10-15(20)16-9-8-12(3)23-16/h4-9,11,22H,10H2,1-3H3. The van der Waals surface area contributed by atoms with Crippen LogP contribution in [0.25, 0.3) is 0 Å². The molecule has 3 rings (SSSR count). The molecule has 0 saturated heterocycles. The van der Waals surface area contributed by atoms with Crippen LogP contribution in [0.2, 0.25) is 0 Å². The van der Waals surface area contributed by atoms with Gasteiger partial charge in [0.2, 0.25) is 5.78 Å².